The maximum Gasteiger partial charge on any atom is 0.326 e. The fourth-order valence-corrected chi connectivity index (χ4v) is 4.09. The molecule has 1 aromatic rings. The van der Waals surface area contributed by atoms with Gasteiger partial charge in [0.1, 0.15) is 12.1 Å². The second kappa shape index (κ2) is 9.72. The second-order valence-corrected chi connectivity index (χ2v) is 8.87. The van der Waals surface area contributed by atoms with E-state index in [1.807, 2.05) is 32.0 Å². The van der Waals surface area contributed by atoms with E-state index in [0.29, 0.717) is 13.0 Å². The molecule has 1 aliphatic carbocycles. The monoisotopic (exact) mass is 403 g/mol. The minimum Gasteiger partial charge on any atom is -0.480 e. The largest absolute Gasteiger partial charge is 0.480 e. The highest BCUT2D eigenvalue weighted by molar-refractivity contribution is 5.87. The first-order valence-electron chi connectivity index (χ1n) is 10.7. The number of carboxylic acid groups (broad SMARTS) is 1. The molecule has 1 saturated carbocycles. The van der Waals surface area contributed by atoms with Crippen LogP contribution in [0.15, 0.2) is 30.3 Å². The zero-order chi connectivity index (χ0) is 20.9. The second-order valence-electron chi connectivity index (χ2n) is 8.87. The van der Waals surface area contributed by atoms with Gasteiger partial charge in [0.25, 0.3) is 5.91 Å². The molecule has 2 N–H and O–H groups in total. The smallest absolute Gasteiger partial charge is 0.326 e. The van der Waals surface area contributed by atoms with Crippen molar-refractivity contribution in [1.29, 1.82) is 0 Å². The van der Waals surface area contributed by atoms with Gasteiger partial charge in [0.15, 0.2) is 6.29 Å². The molecule has 2 aliphatic rings. The molecule has 0 aromatic heterocycles. The third kappa shape index (κ3) is 6.03. The fraction of sp³-hybridized carbons (Fsp3) is 0.652. The van der Waals surface area contributed by atoms with Crippen LogP contribution in [0.4, 0.5) is 0 Å². The van der Waals surface area contributed by atoms with Crippen molar-refractivity contribution in [3.63, 3.8) is 0 Å². The lowest BCUT2D eigenvalue weighted by molar-refractivity contribution is -0.204. The van der Waals surface area contributed by atoms with Crippen LogP contribution in [0.2, 0.25) is 0 Å². The lowest BCUT2D eigenvalue weighted by Gasteiger charge is -2.33. The normalized spacial score (nSPS) is 22.7. The lowest BCUT2D eigenvalue weighted by Crippen LogP contribution is -2.51. The number of carbonyl (C=O) groups excluding carboxylic acids is 1. The Hall–Kier alpha value is -1.92. The minimum absolute atomic E-state index is 0.164. The molecule has 2 fully saturated rings. The summed E-state index contributed by atoms with van der Waals surface area (Å²) < 4.78 is 11.9. The predicted octanol–water partition coefficient (Wildman–Crippen LogP) is 3.54. The molecule has 0 radical (unpaired) electrons. The summed E-state index contributed by atoms with van der Waals surface area (Å²) >= 11 is 0. The maximum absolute atomic E-state index is 13.2. The first-order valence-corrected chi connectivity index (χ1v) is 10.7. The number of carboxylic acids is 1. The zero-order valence-electron chi connectivity index (χ0n) is 17.4. The Morgan fingerprint density at radius 2 is 1.97 bits per heavy atom. The molecule has 1 saturated heterocycles. The van der Waals surface area contributed by atoms with Gasteiger partial charge >= 0.3 is 5.97 Å². The van der Waals surface area contributed by atoms with E-state index in [1.54, 1.807) is 0 Å². The predicted molar refractivity (Wildman–Crippen MR) is 109 cm³/mol. The van der Waals surface area contributed by atoms with Gasteiger partial charge in [-0.1, -0.05) is 44.2 Å². The molecule has 6 nitrogen and oxygen atoms in total. The Balaban J connectivity index is 1.76. The standard InChI is InChI=1S/C23H33NO5/c1-16(2)14-18(22(26)27)24-21(25)20(29-19-10-6-7-13-28-19)23(11-12-23)15-17-8-4-3-5-9-17/h3-5,8-9,16,18-20H,6-7,10-15H2,1-2H3,(H,24,25)(H,26,27). The molecular formula is C23H33NO5. The minimum atomic E-state index is -1.01. The third-order valence-electron chi connectivity index (χ3n) is 5.83. The first kappa shape index (κ1) is 21.8. The van der Waals surface area contributed by atoms with Crippen molar-refractivity contribution in [1.82, 2.24) is 5.32 Å². The van der Waals surface area contributed by atoms with Crippen molar-refractivity contribution in [2.24, 2.45) is 11.3 Å². The molecule has 0 spiro atoms. The van der Waals surface area contributed by atoms with Crippen molar-refractivity contribution >= 4 is 11.9 Å². The van der Waals surface area contributed by atoms with Gasteiger partial charge in [0.05, 0.1) is 0 Å². The summed E-state index contributed by atoms with van der Waals surface area (Å²) in [5.74, 6) is -1.18. The average Bonchev–Trinajstić information content (AvgIpc) is 3.47. The van der Waals surface area contributed by atoms with E-state index in [1.165, 1.54) is 0 Å². The van der Waals surface area contributed by atoms with Crippen LogP contribution >= 0.6 is 0 Å². The Kier molecular flexibility index (Phi) is 7.30. The van der Waals surface area contributed by atoms with Gasteiger partial charge in [-0.05, 0) is 56.4 Å². The van der Waals surface area contributed by atoms with Gasteiger partial charge in [-0.15, -0.1) is 0 Å². The highest BCUT2D eigenvalue weighted by atomic mass is 16.7. The molecule has 160 valence electrons. The SMILES string of the molecule is CC(C)CC(NC(=O)C(OC1CCCCO1)C1(Cc2ccccc2)CC1)C(=O)O. The molecule has 1 heterocycles. The molecule has 6 heteroatoms. The van der Waals surface area contributed by atoms with Crippen LogP contribution < -0.4 is 5.32 Å². The molecule has 0 bridgehead atoms. The summed E-state index contributed by atoms with van der Waals surface area (Å²) in [6.45, 7) is 4.53. The summed E-state index contributed by atoms with van der Waals surface area (Å²) in [4.78, 5) is 24.9. The van der Waals surface area contributed by atoms with Gasteiger partial charge in [-0.25, -0.2) is 4.79 Å². The average molecular weight is 404 g/mol. The topological polar surface area (TPSA) is 84.9 Å². The van der Waals surface area contributed by atoms with E-state index in [0.717, 1.165) is 44.1 Å². The quantitative estimate of drug-likeness (QED) is 0.624. The molecule has 1 aliphatic heterocycles. The number of nitrogens with one attached hydrogen (secondary N) is 1. The van der Waals surface area contributed by atoms with Crippen molar-refractivity contribution in [3.05, 3.63) is 35.9 Å². The Morgan fingerprint density at radius 3 is 2.52 bits per heavy atom. The summed E-state index contributed by atoms with van der Waals surface area (Å²) in [6.07, 6.45) is 4.56. The van der Waals surface area contributed by atoms with Crippen molar-refractivity contribution in [2.45, 2.75) is 77.2 Å². The van der Waals surface area contributed by atoms with Gasteiger partial charge in [0.2, 0.25) is 0 Å². The van der Waals surface area contributed by atoms with E-state index in [4.69, 9.17) is 9.47 Å². The number of benzene rings is 1. The highest BCUT2D eigenvalue weighted by Crippen LogP contribution is 2.53. The van der Waals surface area contributed by atoms with Crippen LogP contribution in [-0.2, 0) is 25.5 Å². The van der Waals surface area contributed by atoms with Crippen LogP contribution in [-0.4, -0.2) is 42.0 Å². The summed E-state index contributed by atoms with van der Waals surface area (Å²) in [5.41, 5.74) is 0.862. The molecule has 3 atom stereocenters. The fourth-order valence-electron chi connectivity index (χ4n) is 4.09. The van der Waals surface area contributed by atoms with E-state index in [-0.39, 0.29) is 17.2 Å². The lowest BCUT2D eigenvalue weighted by atomic mass is 9.89. The van der Waals surface area contributed by atoms with Crippen molar-refractivity contribution < 1.29 is 24.2 Å². The van der Waals surface area contributed by atoms with E-state index in [9.17, 15) is 14.7 Å². The van der Waals surface area contributed by atoms with Crippen LogP contribution in [0.5, 0.6) is 0 Å². The number of hydrogen-bond donors (Lipinski definition) is 2. The van der Waals surface area contributed by atoms with Gasteiger partial charge in [-0.3, -0.25) is 4.79 Å². The summed E-state index contributed by atoms with van der Waals surface area (Å²) in [7, 11) is 0. The maximum atomic E-state index is 13.2. The Morgan fingerprint density at radius 1 is 1.24 bits per heavy atom. The summed E-state index contributed by atoms with van der Waals surface area (Å²) in [6, 6.07) is 9.18. The number of hydrogen-bond acceptors (Lipinski definition) is 4. The van der Waals surface area contributed by atoms with Gasteiger partial charge in [0, 0.05) is 12.0 Å². The molecular weight excluding hydrogens is 370 g/mol. The van der Waals surface area contributed by atoms with Gasteiger partial charge < -0.3 is 19.9 Å². The zero-order valence-corrected chi connectivity index (χ0v) is 17.4. The number of amides is 1. The van der Waals surface area contributed by atoms with Crippen molar-refractivity contribution in [2.75, 3.05) is 6.61 Å². The number of carbonyl (C=O) groups is 2. The molecule has 29 heavy (non-hydrogen) atoms. The van der Waals surface area contributed by atoms with Crippen LogP contribution in [0.1, 0.15) is 57.9 Å². The third-order valence-corrected chi connectivity index (χ3v) is 5.83. The van der Waals surface area contributed by atoms with E-state index in [2.05, 4.69) is 17.4 Å². The van der Waals surface area contributed by atoms with Crippen LogP contribution in [0.25, 0.3) is 0 Å². The Bertz CT molecular complexity index is 680. The number of aliphatic carboxylic acids is 1. The summed E-state index contributed by atoms with van der Waals surface area (Å²) in [5, 5.41) is 12.3. The Labute approximate surface area is 173 Å². The number of ether oxygens (including phenoxy) is 2. The van der Waals surface area contributed by atoms with Crippen LogP contribution in [0.3, 0.4) is 0 Å². The number of rotatable bonds is 10. The van der Waals surface area contributed by atoms with Crippen LogP contribution in [0, 0.1) is 11.3 Å². The molecule has 1 amide bonds. The molecule has 3 rings (SSSR count). The highest BCUT2D eigenvalue weighted by Gasteiger charge is 2.54. The molecule has 3 unspecified atom stereocenters. The van der Waals surface area contributed by atoms with Crippen molar-refractivity contribution in [3.8, 4) is 0 Å². The van der Waals surface area contributed by atoms with Gasteiger partial charge in [-0.2, -0.15) is 0 Å². The molecule has 1 aromatic carbocycles. The first-order chi connectivity index (χ1) is 13.9. The van der Waals surface area contributed by atoms with E-state index >= 15 is 0 Å². The van der Waals surface area contributed by atoms with E-state index < -0.39 is 24.4 Å².